The number of guanidine groups is 1. The molecule has 1 heterocycles. The number of morpholine rings is 1. The Morgan fingerprint density at radius 2 is 1.92 bits per heavy atom. The third kappa shape index (κ3) is 8.02. The number of carbonyl (C=O) groups is 1. The number of rotatable bonds is 9. The van der Waals surface area contributed by atoms with Crippen LogP contribution >= 0.6 is 0 Å². The summed E-state index contributed by atoms with van der Waals surface area (Å²) < 4.78 is 5.33. The van der Waals surface area contributed by atoms with Crippen molar-refractivity contribution < 1.29 is 14.6 Å². The predicted octanol–water partition coefficient (Wildman–Crippen LogP) is -0.849. The number of carbonyl (C=O) groups excluding carboxylic acids is 1. The van der Waals surface area contributed by atoms with E-state index in [1.165, 1.54) is 0 Å². The Balaban J connectivity index is 1.71. The molecule has 1 aliphatic heterocycles. The fraction of sp³-hybridized carbons (Fsp3) is 0.882. The molecule has 1 aliphatic carbocycles. The maximum Gasteiger partial charge on any atom is 0.223 e. The quantitative estimate of drug-likeness (QED) is 0.244. The van der Waals surface area contributed by atoms with E-state index in [9.17, 15) is 9.90 Å². The molecule has 25 heavy (non-hydrogen) atoms. The highest BCUT2D eigenvalue weighted by Gasteiger charge is 2.29. The van der Waals surface area contributed by atoms with Crippen LogP contribution in [-0.2, 0) is 9.53 Å². The van der Waals surface area contributed by atoms with E-state index in [-0.39, 0.29) is 11.8 Å². The molecule has 1 amide bonds. The average Bonchev–Trinajstić information content (AvgIpc) is 3.42. The smallest absolute Gasteiger partial charge is 0.223 e. The van der Waals surface area contributed by atoms with Gasteiger partial charge in [-0.15, -0.1) is 0 Å². The van der Waals surface area contributed by atoms with Gasteiger partial charge in [0.25, 0.3) is 0 Å². The zero-order valence-electron chi connectivity index (χ0n) is 15.5. The number of hydrogen-bond donors (Lipinski definition) is 4. The van der Waals surface area contributed by atoms with Crippen LogP contribution in [0.3, 0.4) is 0 Å². The highest BCUT2D eigenvalue weighted by atomic mass is 16.5. The minimum atomic E-state index is -0.889. The third-order valence-electron chi connectivity index (χ3n) is 4.25. The highest BCUT2D eigenvalue weighted by Crippen LogP contribution is 2.28. The Hall–Kier alpha value is -1.38. The van der Waals surface area contributed by atoms with Gasteiger partial charge in [-0.05, 0) is 26.7 Å². The summed E-state index contributed by atoms with van der Waals surface area (Å²) in [5, 5.41) is 19.9. The van der Waals surface area contributed by atoms with Crippen molar-refractivity contribution in [3.63, 3.8) is 0 Å². The van der Waals surface area contributed by atoms with Crippen molar-refractivity contribution in [2.45, 2.75) is 32.3 Å². The van der Waals surface area contributed by atoms with Gasteiger partial charge in [-0.2, -0.15) is 0 Å². The SMILES string of the molecule is CCNC(=NCC(C)(O)CN1CCOCC1)NCCNC(=O)C1CC1. The number of hydrogen-bond acceptors (Lipinski definition) is 5. The first-order chi connectivity index (χ1) is 12.0. The predicted molar refractivity (Wildman–Crippen MR) is 97.6 cm³/mol. The molecule has 1 atom stereocenters. The van der Waals surface area contributed by atoms with Crippen LogP contribution in [0.1, 0.15) is 26.7 Å². The van der Waals surface area contributed by atoms with Gasteiger partial charge in [-0.1, -0.05) is 0 Å². The van der Waals surface area contributed by atoms with E-state index in [0.717, 1.165) is 45.7 Å². The molecule has 8 heteroatoms. The molecule has 8 nitrogen and oxygen atoms in total. The Morgan fingerprint density at radius 1 is 1.24 bits per heavy atom. The van der Waals surface area contributed by atoms with Gasteiger partial charge in [-0.3, -0.25) is 14.7 Å². The molecule has 2 rings (SSSR count). The largest absolute Gasteiger partial charge is 0.387 e. The fourth-order valence-corrected chi connectivity index (χ4v) is 2.74. The van der Waals surface area contributed by atoms with E-state index >= 15 is 0 Å². The van der Waals surface area contributed by atoms with Crippen LogP contribution in [0.25, 0.3) is 0 Å². The van der Waals surface area contributed by atoms with Crippen LogP contribution in [0.2, 0.25) is 0 Å². The second kappa shape index (κ2) is 9.94. The standard InChI is InChI=1S/C17H33N5O3/c1-3-18-16(20-7-6-19-15(23)14-4-5-14)21-12-17(2,24)13-22-8-10-25-11-9-22/h14,24H,3-13H2,1-2H3,(H,19,23)(H2,18,20,21). The first-order valence-electron chi connectivity index (χ1n) is 9.32. The van der Waals surface area contributed by atoms with Crippen molar-refractivity contribution >= 4 is 11.9 Å². The van der Waals surface area contributed by atoms with Crippen molar-refractivity contribution in [3.8, 4) is 0 Å². The molecular weight excluding hydrogens is 322 g/mol. The first-order valence-corrected chi connectivity index (χ1v) is 9.32. The van der Waals surface area contributed by atoms with Crippen LogP contribution < -0.4 is 16.0 Å². The molecule has 144 valence electrons. The molecule has 0 radical (unpaired) electrons. The average molecular weight is 355 g/mol. The normalized spacial score (nSPS) is 21.5. The molecule has 2 fully saturated rings. The molecule has 0 aromatic heterocycles. The number of amides is 1. The lowest BCUT2D eigenvalue weighted by atomic mass is 10.1. The Labute approximate surface area is 150 Å². The number of β-amino-alcohol motifs (C(OH)–C–C–N with tert-alkyl or cyclic N) is 1. The van der Waals surface area contributed by atoms with Crippen LogP contribution in [0.4, 0.5) is 0 Å². The summed E-state index contributed by atoms with van der Waals surface area (Å²) in [5.41, 5.74) is -0.889. The summed E-state index contributed by atoms with van der Waals surface area (Å²) in [6.07, 6.45) is 2.03. The van der Waals surface area contributed by atoms with E-state index in [2.05, 4.69) is 25.8 Å². The molecular formula is C17H33N5O3. The van der Waals surface area contributed by atoms with Gasteiger partial charge in [0.1, 0.15) is 0 Å². The summed E-state index contributed by atoms with van der Waals surface area (Å²) in [7, 11) is 0. The number of aliphatic imine (C=N–C) groups is 1. The topological polar surface area (TPSA) is 98.2 Å². The summed E-state index contributed by atoms with van der Waals surface area (Å²) in [6, 6.07) is 0. The molecule has 0 spiro atoms. The van der Waals surface area contributed by atoms with Gasteiger partial charge < -0.3 is 25.8 Å². The van der Waals surface area contributed by atoms with Gasteiger partial charge in [0.15, 0.2) is 5.96 Å². The third-order valence-corrected chi connectivity index (χ3v) is 4.25. The van der Waals surface area contributed by atoms with Gasteiger partial charge >= 0.3 is 0 Å². The molecule has 4 N–H and O–H groups in total. The van der Waals surface area contributed by atoms with E-state index in [0.29, 0.717) is 32.1 Å². The molecule has 1 saturated heterocycles. The molecule has 2 aliphatic rings. The molecule has 0 bridgehead atoms. The molecule has 0 aromatic carbocycles. The monoisotopic (exact) mass is 355 g/mol. The van der Waals surface area contributed by atoms with E-state index < -0.39 is 5.60 Å². The maximum absolute atomic E-state index is 11.6. The number of nitrogens with one attached hydrogen (secondary N) is 3. The number of nitrogens with zero attached hydrogens (tertiary/aromatic N) is 2. The number of aliphatic hydroxyl groups is 1. The maximum atomic E-state index is 11.6. The van der Waals surface area contributed by atoms with Gasteiger partial charge in [0, 0.05) is 45.2 Å². The summed E-state index contributed by atoms with van der Waals surface area (Å²) in [4.78, 5) is 18.3. The van der Waals surface area contributed by atoms with Gasteiger partial charge in [0.2, 0.25) is 5.91 Å². The lowest BCUT2D eigenvalue weighted by Crippen LogP contribution is -2.48. The van der Waals surface area contributed by atoms with Crippen molar-refractivity contribution in [1.29, 1.82) is 0 Å². The Kier molecular flexibility index (Phi) is 7.92. The zero-order chi connectivity index (χ0) is 18.1. The summed E-state index contributed by atoms with van der Waals surface area (Å²) in [6.45, 7) is 9.75. The highest BCUT2D eigenvalue weighted by molar-refractivity contribution is 5.81. The van der Waals surface area contributed by atoms with Crippen LogP contribution in [0, 0.1) is 5.92 Å². The van der Waals surface area contributed by atoms with Crippen LogP contribution in [0.15, 0.2) is 4.99 Å². The van der Waals surface area contributed by atoms with Gasteiger partial charge in [0.05, 0.1) is 25.4 Å². The molecule has 0 aromatic rings. The zero-order valence-corrected chi connectivity index (χ0v) is 15.5. The second-order valence-corrected chi connectivity index (χ2v) is 7.07. The van der Waals surface area contributed by atoms with Crippen LogP contribution in [0.5, 0.6) is 0 Å². The fourth-order valence-electron chi connectivity index (χ4n) is 2.74. The summed E-state index contributed by atoms with van der Waals surface area (Å²) >= 11 is 0. The minimum absolute atomic E-state index is 0.150. The lowest BCUT2D eigenvalue weighted by Gasteiger charge is -2.33. The second-order valence-electron chi connectivity index (χ2n) is 7.07. The Morgan fingerprint density at radius 3 is 2.56 bits per heavy atom. The van der Waals surface area contributed by atoms with Crippen LogP contribution in [-0.4, -0.2) is 86.5 Å². The van der Waals surface area contributed by atoms with E-state index in [4.69, 9.17) is 4.74 Å². The van der Waals surface area contributed by atoms with Crippen molar-refractivity contribution in [1.82, 2.24) is 20.9 Å². The van der Waals surface area contributed by atoms with Crippen molar-refractivity contribution in [2.24, 2.45) is 10.9 Å². The molecule has 1 saturated carbocycles. The van der Waals surface area contributed by atoms with Crippen molar-refractivity contribution in [2.75, 3.05) is 59.0 Å². The first kappa shape index (κ1) is 19.9. The minimum Gasteiger partial charge on any atom is -0.387 e. The molecule has 1 unspecified atom stereocenters. The number of ether oxygens (including phenoxy) is 1. The Bertz CT molecular complexity index is 446. The van der Waals surface area contributed by atoms with Gasteiger partial charge in [-0.25, -0.2) is 0 Å². The van der Waals surface area contributed by atoms with Crippen molar-refractivity contribution in [3.05, 3.63) is 0 Å². The van der Waals surface area contributed by atoms with E-state index in [1.807, 2.05) is 13.8 Å². The van der Waals surface area contributed by atoms with E-state index in [1.54, 1.807) is 0 Å². The summed E-state index contributed by atoms with van der Waals surface area (Å²) in [5.74, 6) is 1.04. The lowest BCUT2D eigenvalue weighted by molar-refractivity contribution is -0.122.